The van der Waals surface area contributed by atoms with Crippen LogP contribution in [0.4, 0.5) is 0 Å². The Bertz CT molecular complexity index is 1480. The van der Waals surface area contributed by atoms with E-state index in [0.717, 1.165) is 27.4 Å². The maximum atomic E-state index is 12.9. The number of aromatic nitrogens is 2. The fourth-order valence-electron chi connectivity index (χ4n) is 4.17. The molecule has 0 amide bonds. The number of thiophene rings is 1. The first kappa shape index (κ1) is 23.1. The molecule has 0 N–H and O–H groups in total. The average molecular weight is 509 g/mol. The molecule has 35 heavy (non-hydrogen) atoms. The lowest BCUT2D eigenvalue weighted by Crippen LogP contribution is -2.26. The number of hydrazone groups is 1. The highest BCUT2D eigenvalue weighted by Gasteiger charge is 2.38. The topological polar surface area (TPSA) is 86.0 Å². The Balaban J connectivity index is 1.63. The van der Waals surface area contributed by atoms with Gasteiger partial charge in [-0.25, -0.2) is 13.1 Å². The summed E-state index contributed by atoms with van der Waals surface area (Å²) in [4.78, 5) is 0.957. The molecule has 0 spiro atoms. The molecule has 0 unspecified atom stereocenters. The molecule has 2 aromatic heterocycles. The second-order valence-electron chi connectivity index (χ2n) is 8.06. The highest BCUT2D eigenvalue weighted by Crippen LogP contribution is 2.41. The fraction of sp³-hybridized carbons (Fsp3) is 0.200. The van der Waals surface area contributed by atoms with Gasteiger partial charge in [0.2, 0.25) is 10.0 Å². The number of benzene rings is 2. The lowest BCUT2D eigenvalue weighted by Gasteiger charge is -2.20. The van der Waals surface area contributed by atoms with Gasteiger partial charge >= 0.3 is 0 Å². The summed E-state index contributed by atoms with van der Waals surface area (Å²) in [6.07, 6.45) is 3.44. The van der Waals surface area contributed by atoms with Crippen molar-refractivity contribution in [3.05, 3.63) is 83.4 Å². The van der Waals surface area contributed by atoms with Gasteiger partial charge in [-0.2, -0.15) is 14.6 Å². The van der Waals surface area contributed by atoms with Crippen molar-refractivity contribution in [2.45, 2.75) is 12.5 Å². The van der Waals surface area contributed by atoms with Gasteiger partial charge in [0, 0.05) is 29.8 Å². The third-order valence-corrected chi connectivity index (χ3v) is 7.70. The van der Waals surface area contributed by atoms with Crippen LogP contribution in [0.15, 0.2) is 77.3 Å². The molecule has 1 aliphatic rings. The van der Waals surface area contributed by atoms with Crippen LogP contribution >= 0.6 is 11.3 Å². The molecule has 5 rings (SSSR count). The number of methoxy groups -OCH3 is 2. The molecular formula is C25H24N4O4S2. The van der Waals surface area contributed by atoms with Crippen LogP contribution in [-0.4, -0.2) is 48.8 Å². The Morgan fingerprint density at radius 2 is 1.83 bits per heavy atom. The molecule has 0 saturated heterocycles. The van der Waals surface area contributed by atoms with Gasteiger partial charge in [0.15, 0.2) is 0 Å². The van der Waals surface area contributed by atoms with Gasteiger partial charge in [0.1, 0.15) is 17.2 Å². The standard InChI is InChI=1S/C25H24N4O4S2/c1-32-18-11-12-19(23(14-18)33-2)21-15-22(29(26-21)35(3,30)31)20-16-28(17-8-5-4-6-9-17)27-25(20)24-10-7-13-34-24/h4-14,16,22H,15H2,1-3H3/t22-/m1/s1. The largest absolute Gasteiger partial charge is 0.497 e. The Labute approximate surface area is 208 Å². The third-order valence-electron chi connectivity index (χ3n) is 5.81. The number of para-hydroxylation sites is 1. The van der Waals surface area contributed by atoms with E-state index in [9.17, 15) is 8.42 Å². The monoisotopic (exact) mass is 508 g/mol. The lowest BCUT2D eigenvalue weighted by molar-refractivity contribution is 0.375. The van der Waals surface area contributed by atoms with Crippen LogP contribution in [0.5, 0.6) is 11.5 Å². The summed E-state index contributed by atoms with van der Waals surface area (Å²) in [5.74, 6) is 1.21. The first-order valence-electron chi connectivity index (χ1n) is 10.9. The molecule has 1 atom stereocenters. The van der Waals surface area contributed by atoms with E-state index >= 15 is 0 Å². The van der Waals surface area contributed by atoms with Crippen molar-refractivity contribution in [1.82, 2.24) is 14.2 Å². The summed E-state index contributed by atoms with van der Waals surface area (Å²) in [7, 11) is -0.517. The van der Waals surface area contributed by atoms with Crippen molar-refractivity contribution in [3.8, 4) is 27.8 Å². The molecule has 4 aromatic rings. The average Bonchev–Trinajstić information content (AvgIpc) is 3.62. The Hall–Kier alpha value is -3.63. The summed E-state index contributed by atoms with van der Waals surface area (Å²) < 4.78 is 39.6. The van der Waals surface area contributed by atoms with Crippen molar-refractivity contribution < 1.29 is 17.9 Å². The predicted molar refractivity (Wildman–Crippen MR) is 137 cm³/mol. The van der Waals surface area contributed by atoms with E-state index in [-0.39, 0.29) is 0 Å². The smallest absolute Gasteiger partial charge is 0.247 e. The fourth-order valence-corrected chi connectivity index (χ4v) is 5.80. The quantitative estimate of drug-likeness (QED) is 0.360. The summed E-state index contributed by atoms with van der Waals surface area (Å²) in [5, 5.41) is 11.4. The Morgan fingerprint density at radius 3 is 2.49 bits per heavy atom. The number of hydrogen-bond donors (Lipinski definition) is 0. The van der Waals surface area contributed by atoms with Crippen LogP contribution < -0.4 is 9.47 Å². The normalized spacial score (nSPS) is 15.8. The molecule has 0 bridgehead atoms. The van der Waals surface area contributed by atoms with Crippen LogP contribution in [0.3, 0.4) is 0 Å². The van der Waals surface area contributed by atoms with Crippen molar-refractivity contribution >= 4 is 27.1 Å². The predicted octanol–water partition coefficient (Wildman–Crippen LogP) is 4.73. The van der Waals surface area contributed by atoms with Crippen LogP contribution in [0.25, 0.3) is 16.3 Å². The summed E-state index contributed by atoms with van der Waals surface area (Å²) in [6.45, 7) is 0. The molecular weight excluding hydrogens is 484 g/mol. The van der Waals surface area contributed by atoms with E-state index < -0.39 is 16.1 Å². The van der Waals surface area contributed by atoms with Gasteiger partial charge in [-0.1, -0.05) is 24.3 Å². The zero-order valence-corrected chi connectivity index (χ0v) is 21.1. The van der Waals surface area contributed by atoms with E-state index in [4.69, 9.17) is 14.6 Å². The maximum absolute atomic E-state index is 12.9. The van der Waals surface area contributed by atoms with Crippen LogP contribution in [0, 0.1) is 0 Å². The summed E-state index contributed by atoms with van der Waals surface area (Å²) >= 11 is 1.56. The second kappa shape index (κ2) is 9.20. The minimum Gasteiger partial charge on any atom is -0.497 e. The van der Waals surface area contributed by atoms with Crippen molar-refractivity contribution in [3.63, 3.8) is 0 Å². The molecule has 1 aliphatic heterocycles. The first-order valence-corrected chi connectivity index (χ1v) is 13.6. The van der Waals surface area contributed by atoms with E-state index in [1.54, 1.807) is 36.3 Å². The number of sulfonamides is 1. The summed E-state index contributed by atoms with van der Waals surface area (Å²) in [5.41, 5.74) is 3.74. The minimum absolute atomic E-state index is 0.370. The zero-order valence-electron chi connectivity index (χ0n) is 19.5. The minimum atomic E-state index is -3.67. The van der Waals surface area contributed by atoms with Gasteiger partial charge in [-0.05, 0) is 35.7 Å². The van der Waals surface area contributed by atoms with Crippen LogP contribution in [0.2, 0.25) is 0 Å². The molecule has 0 aliphatic carbocycles. The third kappa shape index (κ3) is 4.42. The van der Waals surface area contributed by atoms with Gasteiger partial charge in [-0.15, -0.1) is 11.3 Å². The van der Waals surface area contributed by atoms with Gasteiger partial charge in [0.05, 0.1) is 42.8 Å². The van der Waals surface area contributed by atoms with Crippen LogP contribution in [-0.2, 0) is 10.0 Å². The number of nitrogens with zero attached hydrogens (tertiary/aromatic N) is 4. The van der Waals surface area contributed by atoms with E-state index in [1.165, 1.54) is 10.7 Å². The number of rotatable bonds is 7. The molecule has 0 saturated carbocycles. The van der Waals surface area contributed by atoms with Gasteiger partial charge in [0.25, 0.3) is 0 Å². The molecule has 3 heterocycles. The molecule has 180 valence electrons. The van der Waals surface area contributed by atoms with E-state index in [1.807, 2.05) is 66.2 Å². The number of ether oxygens (including phenoxy) is 2. The highest BCUT2D eigenvalue weighted by atomic mass is 32.2. The zero-order chi connectivity index (χ0) is 24.6. The summed E-state index contributed by atoms with van der Waals surface area (Å²) in [6, 6.07) is 18.5. The van der Waals surface area contributed by atoms with Gasteiger partial charge in [-0.3, -0.25) is 0 Å². The second-order valence-corrected chi connectivity index (χ2v) is 10.8. The van der Waals surface area contributed by atoms with Crippen molar-refractivity contribution in [1.29, 1.82) is 0 Å². The van der Waals surface area contributed by atoms with Crippen molar-refractivity contribution in [2.75, 3.05) is 20.5 Å². The number of hydrogen-bond acceptors (Lipinski definition) is 7. The van der Waals surface area contributed by atoms with E-state index in [2.05, 4.69) is 5.10 Å². The first-order chi connectivity index (χ1) is 16.9. The molecule has 2 aromatic carbocycles. The molecule has 0 fully saturated rings. The van der Waals surface area contributed by atoms with E-state index in [0.29, 0.717) is 23.6 Å². The highest BCUT2D eigenvalue weighted by molar-refractivity contribution is 7.88. The Kier molecular flexibility index (Phi) is 6.08. The maximum Gasteiger partial charge on any atom is 0.247 e. The molecule has 0 radical (unpaired) electrons. The van der Waals surface area contributed by atoms with Crippen molar-refractivity contribution in [2.24, 2.45) is 5.10 Å². The van der Waals surface area contributed by atoms with Gasteiger partial charge < -0.3 is 9.47 Å². The Morgan fingerprint density at radius 1 is 1.03 bits per heavy atom. The molecule has 8 nitrogen and oxygen atoms in total. The SMILES string of the molecule is COc1ccc(C2=NN(S(C)(=O)=O)[C@@H](c3cn(-c4ccccc4)nc3-c3cccs3)C2)c(OC)c1. The van der Waals surface area contributed by atoms with Crippen LogP contribution in [0.1, 0.15) is 23.6 Å². The lowest BCUT2D eigenvalue weighted by atomic mass is 9.98. The molecule has 10 heteroatoms.